The van der Waals surface area contributed by atoms with Crippen molar-refractivity contribution < 1.29 is 13.2 Å². The molecule has 0 spiro atoms. The molecule has 3 aliphatic rings. The third kappa shape index (κ3) is 4.83. The fraction of sp³-hybridized carbons (Fsp3) is 0.938. The lowest BCUT2D eigenvalue weighted by Crippen LogP contribution is -2.54. The average Bonchev–Trinajstić information content (AvgIpc) is 3.06. The Balaban J connectivity index is 0.00000192. The molecule has 3 fully saturated rings. The molecule has 0 radical (unpaired) electrons. The van der Waals surface area contributed by atoms with Gasteiger partial charge in [-0.25, -0.2) is 8.42 Å². The lowest BCUT2D eigenvalue weighted by molar-refractivity contribution is -0.124. The Morgan fingerprint density at radius 3 is 2.26 bits per heavy atom. The predicted molar refractivity (Wildman–Crippen MR) is 93.2 cm³/mol. The molecule has 2 bridgehead atoms. The van der Waals surface area contributed by atoms with Crippen LogP contribution in [0.5, 0.6) is 0 Å². The largest absolute Gasteiger partial charge is 0.353 e. The molecule has 3 rings (SSSR count). The lowest BCUT2D eigenvalue weighted by Gasteiger charge is -2.45. The third-order valence-electron chi connectivity index (χ3n) is 5.77. The van der Waals surface area contributed by atoms with E-state index in [1.165, 1.54) is 12.7 Å². The summed E-state index contributed by atoms with van der Waals surface area (Å²) in [5.74, 6) is 1.21. The van der Waals surface area contributed by atoms with Crippen LogP contribution in [-0.2, 0) is 14.6 Å². The molecular formula is C16H29ClN2O3S. The van der Waals surface area contributed by atoms with E-state index >= 15 is 0 Å². The number of hydrogen-bond donors (Lipinski definition) is 2. The lowest BCUT2D eigenvalue weighted by atomic mass is 9.67. The highest BCUT2D eigenvalue weighted by molar-refractivity contribution is 7.90. The van der Waals surface area contributed by atoms with Gasteiger partial charge in [0.05, 0.1) is 5.75 Å². The summed E-state index contributed by atoms with van der Waals surface area (Å²) in [7, 11) is -3.02. The van der Waals surface area contributed by atoms with Gasteiger partial charge in [-0.1, -0.05) is 6.42 Å². The second-order valence-corrected chi connectivity index (χ2v) is 10.2. The maximum Gasteiger partial charge on any atom is 0.220 e. The maximum absolute atomic E-state index is 12.4. The molecule has 1 amide bonds. The van der Waals surface area contributed by atoms with Crippen molar-refractivity contribution in [2.24, 2.45) is 23.0 Å². The van der Waals surface area contributed by atoms with Crippen molar-refractivity contribution in [2.75, 3.05) is 12.0 Å². The maximum atomic E-state index is 12.4. The van der Waals surface area contributed by atoms with Gasteiger partial charge < -0.3 is 11.1 Å². The van der Waals surface area contributed by atoms with Crippen LogP contribution in [0.3, 0.4) is 0 Å². The Morgan fingerprint density at radius 1 is 1.22 bits per heavy atom. The summed E-state index contributed by atoms with van der Waals surface area (Å²) in [5, 5.41) is 3.23. The first-order valence-corrected chi connectivity index (χ1v) is 10.6. The van der Waals surface area contributed by atoms with Crippen LogP contribution in [0, 0.1) is 17.3 Å². The minimum atomic E-state index is -3.02. The zero-order valence-electron chi connectivity index (χ0n) is 13.8. The van der Waals surface area contributed by atoms with E-state index in [0.717, 1.165) is 38.5 Å². The van der Waals surface area contributed by atoms with Crippen molar-refractivity contribution in [3.8, 4) is 0 Å². The van der Waals surface area contributed by atoms with Crippen LogP contribution in [0.1, 0.15) is 51.4 Å². The number of hydrogen-bond acceptors (Lipinski definition) is 4. The Morgan fingerprint density at radius 2 is 1.78 bits per heavy atom. The van der Waals surface area contributed by atoms with Gasteiger partial charge in [0.2, 0.25) is 5.91 Å². The second kappa shape index (κ2) is 6.89. The first kappa shape index (κ1) is 19.0. The number of nitrogens with one attached hydrogen (secondary N) is 1. The number of nitrogens with two attached hydrogens (primary N) is 1. The van der Waals surface area contributed by atoms with Gasteiger partial charge in [-0.05, 0) is 55.8 Å². The fourth-order valence-corrected chi connectivity index (χ4v) is 6.21. The number of rotatable bonds is 5. The minimum Gasteiger partial charge on any atom is -0.353 e. The molecule has 0 aromatic heterocycles. The van der Waals surface area contributed by atoms with Gasteiger partial charge in [0.15, 0.2) is 0 Å². The number of sulfone groups is 1. The summed E-state index contributed by atoms with van der Waals surface area (Å²) in [6.45, 7) is 0. The van der Waals surface area contributed by atoms with Crippen LogP contribution in [-0.4, -0.2) is 38.4 Å². The van der Waals surface area contributed by atoms with Crippen molar-refractivity contribution in [1.82, 2.24) is 5.32 Å². The fourth-order valence-electron chi connectivity index (χ4n) is 4.71. The molecule has 3 N–H and O–H groups in total. The van der Waals surface area contributed by atoms with Gasteiger partial charge in [-0.3, -0.25) is 4.79 Å². The number of halogens is 1. The van der Waals surface area contributed by atoms with Crippen LogP contribution >= 0.6 is 12.4 Å². The summed E-state index contributed by atoms with van der Waals surface area (Å²) < 4.78 is 23.0. The normalized spacial score (nSPS) is 35.0. The van der Waals surface area contributed by atoms with E-state index < -0.39 is 9.84 Å². The standard InChI is InChI=1S/C16H28N2O3S.ClH/c1-22(20,21)10-16(5-6-16)9-14(19)18-15-11-3-2-4-12(15)8-13(17)7-11;/h11-13,15H,2-10,17H2,1H3,(H,18,19);1H. The molecule has 0 aliphatic heterocycles. The SMILES string of the molecule is CS(=O)(=O)CC1(CC(=O)NC2C3CCCC2CC(N)C3)CC1.Cl. The second-order valence-electron chi connectivity index (χ2n) is 8.02. The van der Waals surface area contributed by atoms with E-state index in [9.17, 15) is 13.2 Å². The number of amides is 1. The van der Waals surface area contributed by atoms with Crippen LogP contribution < -0.4 is 11.1 Å². The monoisotopic (exact) mass is 364 g/mol. The van der Waals surface area contributed by atoms with E-state index in [-0.39, 0.29) is 41.6 Å². The van der Waals surface area contributed by atoms with Crippen LogP contribution in [0.15, 0.2) is 0 Å². The van der Waals surface area contributed by atoms with Crippen molar-refractivity contribution in [3.63, 3.8) is 0 Å². The molecule has 7 heteroatoms. The highest BCUT2D eigenvalue weighted by atomic mass is 35.5. The summed E-state index contributed by atoms with van der Waals surface area (Å²) in [5.41, 5.74) is 5.84. The van der Waals surface area contributed by atoms with Gasteiger partial charge in [-0.15, -0.1) is 12.4 Å². The van der Waals surface area contributed by atoms with Gasteiger partial charge in [0.1, 0.15) is 9.84 Å². The highest BCUT2D eigenvalue weighted by Gasteiger charge is 2.47. The topological polar surface area (TPSA) is 89.3 Å². The van der Waals surface area contributed by atoms with E-state index in [1.54, 1.807) is 0 Å². The quantitative estimate of drug-likeness (QED) is 0.776. The van der Waals surface area contributed by atoms with Crippen molar-refractivity contribution in [2.45, 2.75) is 63.5 Å². The van der Waals surface area contributed by atoms with E-state index in [0.29, 0.717) is 18.3 Å². The van der Waals surface area contributed by atoms with Gasteiger partial charge in [0, 0.05) is 24.8 Å². The molecule has 2 atom stereocenters. The van der Waals surface area contributed by atoms with Gasteiger partial charge in [-0.2, -0.15) is 0 Å². The first-order valence-electron chi connectivity index (χ1n) is 8.49. The molecule has 2 unspecified atom stereocenters. The molecule has 0 heterocycles. The smallest absolute Gasteiger partial charge is 0.220 e. The number of fused-ring (bicyclic) bond motifs is 2. The Bertz CT molecular complexity index is 534. The zero-order valence-corrected chi connectivity index (χ0v) is 15.4. The molecule has 5 nitrogen and oxygen atoms in total. The minimum absolute atomic E-state index is 0. The molecule has 3 aliphatic carbocycles. The summed E-state index contributed by atoms with van der Waals surface area (Å²) in [4.78, 5) is 12.4. The molecular weight excluding hydrogens is 336 g/mol. The zero-order chi connectivity index (χ0) is 16.0. The molecule has 23 heavy (non-hydrogen) atoms. The van der Waals surface area contributed by atoms with Gasteiger partial charge in [0.25, 0.3) is 0 Å². The number of carbonyl (C=O) groups excluding carboxylic acids is 1. The van der Waals surface area contributed by atoms with E-state index in [4.69, 9.17) is 5.73 Å². The average molecular weight is 365 g/mol. The third-order valence-corrected chi connectivity index (χ3v) is 6.90. The Hall–Kier alpha value is -0.330. The summed E-state index contributed by atoms with van der Waals surface area (Å²) >= 11 is 0. The predicted octanol–water partition coefficient (Wildman–Crippen LogP) is 1.65. The van der Waals surface area contributed by atoms with E-state index in [2.05, 4.69) is 5.32 Å². The summed E-state index contributed by atoms with van der Waals surface area (Å²) in [6, 6.07) is 0.540. The summed E-state index contributed by atoms with van der Waals surface area (Å²) in [6.07, 6.45) is 8.91. The van der Waals surface area contributed by atoms with Crippen molar-refractivity contribution in [1.29, 1.82) is 0 Å². The van der Waals surface area contributed by atoms with Gasteiger partial charge >= 0.3 is 0 Å². The molecule has 134 valence electrons. The first-order chi connectivity index (χ1) is 10.3. The van der Waals surface area contributed by atoms with Crippen molar-refractivity contribution >= 4 is 28.2 Å². The number of carbonyl (C=O) groups is 1. The molecule has 3 saturated carbocycles. The molecule has 0 aromatic rings. The van der Waals surface area contributed by atoms with Crippen molar-refractivity contribution in [3.05, 3.63) is 0 Å². The molecule has 0 saturated heterocycles. The Labute approximate surface area is 145 Å². The van der Waals surface area contributed by atoms with E-state index in [1.807, 2.05) is 0 Å². The highest BCUT2D eigenvalue weighted by Crippen LogP contribution is 2.50. The van der Waals surface area contributed by atoms with Crippen LogP contribution in [0.4, 0.5) is 0 Å². The van der Waals surface area contributed by atoms with Crippen LogP contribution in [0.25, 0.3) is 0 Å². The molecule has 0 aromatic carbocycles. The Kier molecular flexibility index (Phi) is 5.69. The van der Waals surface area contributed by atoms with Crippen LogP contribution in [0.2, 0.25) is 0 Å².